The van der Waals surface area contributed by atoms with E-state index in [-0.39, 0.29) is 24.3 Å². The summed E-state index contributed by atoms with van der Waals surface area (Å²) in [4.78, 5) is 23.4. The second kappa shape index (κ2) is 7.22. The van der Waals surface area contributed by atoms with Crippen LogP contribution in [0.1, 0.15) is 24.0 Å². The summed E-state index contributed by atoms with van der Waals surface area (Å²) in [7, 11) is 2.76. The minimum atomic E-state index is -0.368. The predicted molar refractivity (Wildman–Crippen MR) is 85.9 cm³/mol. The molecule has 1 aromatic carbocycles. The molecular formula is C17H18O4S. The van der Waals surface area contributed by atoms with Gasteiger partial charge in [0.25, 0.3) is 0 Å². The molecular weight excluding hydrogens is 300 g/mol. The molecule has 1 atom stereocenters. The van der Waals surface area contributed by atoms with Crippen molar-refractivity contribution in [3.8, 4) is 11.1 Å². The third kappa shape index (κ3) is 3.36. The number of esters is 2. The minimum absolute atomic E-state index is 0.219. The number of carbonyl (C=O) groups is 2. The summed E-state index contributed by atoms with van der Waals surface area (Å²) in [6.45, 7) is 1.82. The summed E-state index contributed by atoms with van der Waals surface area (Å²) in [6.07, 6.45) is 0.219. The van der Waals surface area contributed by atoms with Crippen molar-refractivity contribution >= 4 is 23.3 Å². The highest BCUT2D eigenvalue weighted by atomic mass is 32.1. The van der Waals surface area contributed by atoms with Gasteiger partial charge in [0.2, 0.25) is 0 Å². The molecule has 0 saturated heterocycles. The van der Waals surface area contributed by atoms with E-state index in [1.807, 2.05) is 41.9 Å². The van der Waals surface area contributed by atoms with Gasteiger partial charge in [-0.1, -0.05) is 24.3 Å². The summed E-state index contributed by atoms with van der Waals surface area (Å²) in [5, 5.41) is 3.92. The normalized spacial score (nSPS) is 11.8. The number of hydrogen-bond donors (Lipinski definition) is 0. The van der Waals surface area contributed by atoms with Crippen LogP contribution < -0.4 is 0 Å². The SMILES string of the molecule is COC(=O)Cc1cscc1-c1ccccc1C(C)C(=O)OC. The maximum absolute atomic E-state index is 11.8. The van der Waals surface area contributed by atoms with E-state index in [0.717, 1.165) is 22.3 Å². The van der Waals surface area contributed by atoms with Crippen molar-refractivity contribution in [3.05, 3.63) is 46.2 Å². The van der Waals surface area contributed by atoms with Gasteiger partial charge in [-0.15, -0.1) is 0 Å². The molecule has 5 heteroatoms. The molecule has 0 aliphatic heterocycles. The number of hydrogen-bond acceptors (Lipinski definition) is 5. The van der Waals surface area contributed by atoms with Crippen molar-refractivity contribution in [3.63, 3.8) is 0 Å². The average molecular weight is 318 g/mol. The lowest BCUT2D eigenvalue weighted by atomic mass is 9.91. The number of ether oxygens (including phenoxy) is 2. The molecule has 1 aromatic heterocycles. The fourth-order valence-electron chi connectivity index (χ4n) is 2.35. The first-order chi connectivity index (χ1) is 10.6. The van der Waals surface area contributed by atoms with Crippen LogP contribution in [0.5, 0.6) is 0 Å². The minimum Gasteiger partial charge on any atom is -0.469 e. The first kappa shape index (κ1) is 16.2. The van der Waals surface area contributed by atoms with Gasteiger partial charge in [0.1, 0.15) is 0 Å². The molecule has 0 spiro atoms. The maximum atomic E-state index is 11.8. The van der Waals surface area contributed by atoms with Crippen LogP contribution in [0.2, 0.25) is 0 Å². The molecule has 1 heterocycles. The van der Waals surface area contributed by atoms with Crippen LogP contribution in [-0.2, 0) is 25.5 Å². The molecule has 116 valence electrons. The Labute approximate surface area is 133 Å². The summed E-state index contributed by atoms with van der Waals surface area (Å²) in [5.41, 5.74) is 3.70. The Morgan fingerprint density at radius 1 is 1.09 bits per heavy atom. The van der Waals surface area contributed by atoms with Gasteiger partial charge in [0.15, 0.2) is 0 Å². The van der Waals surface area contributed by atoms with Gasteiger partial charge >= 0.3 is 11.9 Å². The second-order valence-electron chi connectivity index (χ2n) is 4.90. The molecule has 1 unspecified atom stereocenters. The first-order valence-corrected chi connectivity index (χ1v) is 7.81. The summed E-state index contributed by atoms with van der Waals surface area (Å²) in [6, 6.07) is 7.68. The number of carbonyl (C=O) groups excluding carboxylic acids is 2. The van der Waals surface area contributed by atoms with E-state index in [0.29, 0.717) is 0 Å². The number of benzene rings is 1. The zero-order valence-corrected chi connectivity index (χ0v) is 13.6. The molecule has 2 aromatic rings. The number of thiophene rings is 1. The molecule has 0 fully saturated rings. The molecule has 0 N–H and O–H groups in total. The van der Waals surface area contributed by atoms with E-state index in [4.69, 9.17) is 9.47 Å². The van der Waals surface area contributed by atoms with Crippen LogP contribution in [0, 0.1) is 0 Å². The summed E-state index contributed by atoms with van der Waals surface area (Å²) >= 11 is 1.52. The summed E-state index contributed by atoms with van der Waals surface area (Å²) < 4.78 is 9.58. The van der Waals surface area contributed by atoms with Crippen LogP contribution in [0.4, 0.5) is 0 Å². The quantitative estimate of drug-likeness (QED) is 0.793. The highest BCUT2D eigenvalue weighted by Crippen LogP contribution is 2.34. The molecule has 0 aliphatic carbocycles. The lowest BCUT2D eigenvalue weighted by Crippen LogP contribution is -2.12. The van der Waals surface area contributed by atoms with Gasteiger partial charge in [-0.25, -0.2) is 0 Å². The molecule has 0 bridgehead atoms. The van der Waals surface area contributed by atoms with E-state index in [1.54, 1.807) is 0 Å². The predicted octanol–water partition coefficient (Wildman–Crippen LogP) is 3.41. The van der Waals surface area contributed by atoms with Gasteiger partial charge in [0, 0.05) is 0 Å². The van der Waals surface area contributed by atoms with Crippen LogP contribution in [-0.4, -0.2) is 26.2 Å². The second-order valence-corrected chi connectivity index (χ2v) is 5.64. The van der Waals surface area contributed by atoms with Gasteiger partial charge < -0.3 is 9.47 Å². The first-order valence-electron chi connectivity index (χ1n) is 6.87. The molecule has 0 saturated carbocycles. The Morgan fingerprint density at radius 2 is 1.82 bits per heavy atom. The van der Waals surface area contributed by atoms with Gasteiger partial charge in [-0.3, -0.25) is 9.59 Å². The molecule has 22 heavy (non-hydrogen) atoms. The van der Waals surface area contributed by atoms with E-state index >= 15 is 0 Å². The van der Waals surface area contributed by atoms with E-state index in [9.17, 15) is 9.59 Å². The topological polar surface area (TPSA) is 52.6 Å². The fourth-order valence-corrected chi connectivity index (χ4v) is 3.21. The Kier molecular flexibility index (Phi) is 5.33. The third-order valence-electron chi connectivity index (χ3n) is 3.58. The zero-order valence-electron chi connectivity index (χ0n) is 12.8. The average Bonchev–Trinajstić information content (AvgIpc) is 3.01. The Bertz CT molecular complexity index is 675. The van der Waals surface area contributed by atoms with Crippen LogP contribution in [0.15, 0.2) is 35.0 Å². The lowest BCUT2D eigenvalue weighted by Gasteiger charge is -2.15. The van der Waals surface area contributed by atoms with Gasteiger partial charge in [0.05, 0.1) is 26.6 Å². The summed E-state index contributed by atoms with van der Waals surface area (Å²) in [5.74, 6) is -0.928. The van der Waals surface area contributed by atoms with E-state index < -0.39 is 0 Å². The van der Waals surface area contributed by atoms with Gasteiger partial charge in [-0.2, -0.15) is 11.3 Å². The number of methoxy groups -OCH3 is 2. The van der Waals surface area contributed by atoms with Crippen LogP contribution in [0.3, 0.4) is 0 Å². The standard InChI is InChI=1S/C17H18O4S/c1-11(17(19)21-3)13-6-4-5-7-14(13)15-10-22-9-12(15)8-16(18)20-2/h4-7,9-11H,8H2,1-3H3. The molecule has 0 amide bonds. The Hall–Kier alpha value is -2.14. The van der Waals surface area contributed by atoms with Crippen molar-refractivity contribution in [2.45, 2.75) is 19.3 Å². The Morgan fingerprint density at radius 3 is 2.50 bits per heavy atom. The molecule has 4 nitrogen and oxygen atoms in total. The van der Waals surface area contributed by atoms with Crippen molar-refractivity contribution in [1.29, 1.82) is 0 Å². The zero-order chi connectivity index (χ0) is 16.1. The highest BCUT2D eigenvalue weighted by molar-refractivity contribution is 7.08. The molecule has 2 rings (SSSR count). The maximum Gasteiger partial charge on any atom is 0.312 e. The molecule has 0 aliphatic rings. The monoisotopic (exact) mass is 318 g/mol. The third-order valence-corrected chi connectivity index (χ3v) is 4.37. The van der Waals surface area contributed by atoms with E-state index in [1.165, 1.54) is 25.6 Å². The lowest BCUT2D eigenvalue weighted by molar-refractivity contribution is -0.142. The van der Waals surface area contributed by atoms with Crippen molar-refractivity contribution < 1.29 is 19.1 Å². The van der Waals surface area contributed by atoms with Gasteiger partial charge in [-0.05, 0) is 39.9 Å². The number of rotatable bonds is 5. The smallest absolute Gasteiger partial charge is 0.312 e. The largest absolute Gasteiger partial charge is 0.469 e. The highest BCUT2D eigenvalue weighted by Gasteiger charge is 2.21. The van der Waals surface area contributed by atoms with Crippen LogP contribution >= 0.6 is 11.3 Å². The van der Waals surface area contributed by atoms with Crippen molar-refractivity contribution in [1.82, 2.24) is 0 Å². The van der Waals surface area contributed by atoms with Crippen molar-refractivity contribution in [2.75, 3.05) is 14.2 Å². The fraction of sp³-hybridized carbons (Fsp3) is 0.294. The Balaban J connectivity index is 2.44. The van der Waals surface area contributed by atoms with E-state index in [2.05, 4.69) is 0 Å². The van der Waals surface area contributed by atoms with Crippen LogP contribution in [0.25, 0.3) is 11.1 Å². The van der Waals surface area contributed by atoms with Crippen molar-refractivity contribution in [2.24, 2.45) is 0 Å². The molecule has 0 radical (unpaired) electrons.